The van der Waals surface area contributed by atoms with Crippen molar-refractivity contribution >= 4 is 43.9 Å². The first-order chi connectivity index (χ1) is 17.2. The molecule has 0 saturated carbocycles. The minimum atomic E-state index is -4.15. The number of aromatic amines is 1. The molecule has 0 unspecified atom stereocenters. The molecule has 0 spiro atoms. The highest BCUT2D eigenvalue weighted by Gasteiger charge is 2.22. The number of ether oxygens (including phenoxy) is 2. The van der Waals surface area contributed by atoms with Crippen LogP contribution in [-0.2, 0) is 10.0 Å². The molecule has 3 aromatic carbocycles. The van der Waals surface area contributed by atoms with Crippen molar-refractivity contribution in [3.8, 4) is 11.5 Å². The van der Waals surface area contributed by atoms with Crippen LogP contribution in [0.4, 0.5) is 17.1 Å². The molecule has 11 heteroatoms. The van der Waals surface area contributed by atoms with Crippen LogP contribution in [0.5, 0.6) is 11.5 Å². The normalized spacial score (nSPS) is 11.2. The molecule has 10 nitrogen and oxygen atoms in total. The molecule has 0 fully saturated rings. The van der Waals surface area contributed by atoms with E-state index in [9.17, 15) is 18.1 Å². The summed E-state index contributed by atoms with van der Waals surface area (Å²) in [6.45, 7) is 3.85. The maximum atomic E-state index is 12.9. The molecule has 1 aromatic heterocycles. The van der Waals surface area contributed by atoms with Gasteiger partial charge in [0.15, 0.2) is 0 Å². The van der Waals surface area contributed by atoms with Gasteiger partial charge in [-0.25, -0.2) is 13.1 Å². The number of carbonyl (C=O) groups excluding carboxylic acids is 1. The van der Waals surface area contributed by atoms with Crippen LogP contribution >= 0.6 is 0 Å². The number of sulfonamides is 1. The van der Waals surface area contributed by atoms with Gasteiger partial charge in [-0.3, -0.25) is 4.79 Å². The average molecular weight is 509 g/mol. The van der Waals surface area contributed by atoms with E-state index >= 15 is 0 Å². The molecule has 0 aliphatic heterocycles. The van der Waals surface area contributed by atoms with Crippen molar-refractivity contribution in [2.24, 2.45) is 5.18 Å². The number of hydrogen-bond donors (Lipinski definition) is 3. The van der Waals surface area contributed by atoms with Crippen molar-refractivity contribution < 1.29 is 22.7 Å². The Hall–Kier alpha value is -4.38. The van der Waals surface area contributed by atoms with Crippen LogP contribution in [0.15, 0.2) is 64.7 Å². The van der Waals surface area contributed by atoms with Crippen molar-refractivity contribution in [1.82, 2.24) is 9.71 Å². The van der Waals surface area contributed by atoms with Crippen LogP contribution in [0.25, 0.3) is 10.9 Å². The van der Waals surface area contributed by atoms with Gasteiger partial charge in [0.25, 0.3) is 15.9 Å². The van der Waals surface area contributed by atoms with E-state index in [0.717, 1.165) is 22.6 Å². The van der Waals surface area contributed by atoms with E-state index in [1.54, 1.807) is 13.2 Å². The van der Waals surface area contributed by atoms with Gasteiger partial charge in [0, 0.05) is 16.8 Å². The molecule has 0 bridgehead atoms. The number of anilines is 2. The number of aryl methyl sites for hydroxylation is 2. The van der Waals surface area contributed by atoms with Crippen LogP contribution in [0.2, 0.25) is 0 Å². The van der Waals surface area contributed by atoms with Crippen LogP contribution in [0.1, 0.15) is 21.6 Å². The first-order valence-corrected chi connectivity index (χ1v) is 12.3. The Morgan fingerprint density at radius 1 is 0.944 bits per heavy atom. The number of benzene rings is 3. The molecule has 0 radical (unpaired) electrons. The molecule has 3 N–H and O–H groups in total. The van der Waals surface area contributed by atoms with Crippen LogP contribution in [0.3, 0.4) is 0 Å². The number of rotatable bonds is 8. The quantitative estimate of drug-likeness (QED) is 0.283. The lowest BCUT2D eigenvalue weighted by atomic mass is 10.1. The molecule has 4 aromatic rings. The highest BCUT2D eigenvalue weighted by molar-refractivity contribution is 7.90. The second kappa shape index (κ2) is 9.70. The standard InChI is InChI=1S/C25H24N4O6S/c1-14-11-16(12-15(2)24(14)35-4)26-20-9-10-21(28-31)23-19(20)13-22(27-23)25(30)29-36(32,33)18-7-5-17(34-3)6-8-18/h5-13,26-27H,1-4H3,(H,29,30). The summed E-state index contributed by atoms with van der Waals surface area (Å²) in [5.74, 6) is 0.373. The van der Waals surface area contributed by atoms with E-state index < -0.39 is 15.9 Å². The number of methoxy groups -OCH3 is 2. The Kier molecular flexibility index (Phi) is 6.67. The Bertz CT molecular complexity index is 1550. The minimum absolute atomic E-state index is 0.0525. The van der Waals surface area contributed by atoms with Crippen molar-refractivity contribution in [1.29, 1.82) is 0 Å². The summed E-state index contributed by atoms with van der Waals surface area (Å²) in [4.78, 5) is 27.0. The number of amides is 1. The third-order valence-corrected chi connectivity index (χ3v) is 7.00. The van der Waals surface area contributed by atoms with Crippen molar-refractivity contribution in [3.05, 3.63) is 76.3 Å². The average Bonchev–Trinajstić information content (AvgIpc) is 3.30. The van der Waals surface area contributed by atoms with E-state index in [-0.39, 0.29) is 16.3 Å². The fourth-order valence-electron chi connectivity index (χ4n) is 4.00. The highest BCUT2D eigenvalue weighted by atomic mass is 32.2. The molecular formula is C25H24N4O6S. The summed E-state index contributed by atoms with van der Waals surface area (Å²) in [5, 5.41) is 6.80. The zero-order valence-corrected chi connectivity index (χ0v) is 20.8. The van der Waals surface area contributed by atoms with Gasteiger partial charge >= 0.3 is 0 Å². The Morgan fingerprint density at radius 3 is 2.19 bits per heavy atom. The highest BCUT2D eigenvalue weighted by Crippen LogP contribution is 2.35. The van der Waals surface area contributed by atoms with Crippen LogP contribution in [-0.4, -0.2) is 33.5 Å². The molecule has 0 aliphatic carbocycles. The smallest absolute Gasteiger partial charge is 0.281 e. The van der Waals surface area contributed by atoms with Gasteiger partial charge in [-0.15, -0.1) is 4.91 Å². The fourth-order valence-corrected chi connectivity index (χ4v) is 4.97. The lowest BCUT2D eigenvalue weighted by Gasteiger charge is -2.13. The maximum absolute atomic E-state index is 12.9. The molecule has 0 atom stereocenters. The fraction of sp³-hybridized carbons (Fsp3) is 0.160. The van der Waals surface area contributed by atoms with Gasteiger partial charge in [0.05, 0.1) is 24.6 Å². The van der Waals surface area contributed by atoms with Gasteiger partial charge in [-0.2, -0.15) is 0 Å². The predicted molar refractivity (Wildman–Crippen MR) is 137 cm³/mol. The number of fused-ring (bicyclic) bond motifs is 1. The summed E-state index contributed by atoms with van der Waals surface area (Å²) in [5.41, 5.74) is 3.55. The SMILES string of the molecule is COc1ccc(S(=O)(=O)NC(=O)c2cc3c(Nc4cc(C)c(OC)c(C)c4)ccc(N=O)c3[nH]2)cc1. The minimum Gasteiger partial charge on any atom is -0.497 e. The number of aromatic nitrogens is 1. The van der Waals surface area contributed by atoms with Crippen LogP contribution in [0, 0.1) is 18.8 Å². The largest absolute Gasteiger partial charge is 0.497 e. The summed E-state index contributed by atoms with van der Waals surface area (Å²) >= 11 is 0. The van der Waals surface area contributed by atoms with Crippen LogP contribution < -0.4 is 19.5 Å². The van der Waals surface area contributed by atoms with Gasteiger partial charge in [-0.05, 0) is 84.7 Å². The number of nitrogens with zero attached hydrogens (tertiary/aromatic N) is 1. The van der Waals surface area contributed by atoms with Gasteiger partial charge in [0.2, 0.25) is 0 Å². The monoisotopic (exact) mass is 508 g/mol. The predicted octanol–water partition coefficient (Wildman–Crippen LogP) is 5.06. The number of nitrogens with one attached hydrogen (secondary N) is 3. The summed E-state index contributed by atoms with van der Waals surface area (Å²) in [7, 11) is -1.08. The molecule has 1 heterocycles. The lowest BCUT2D eigenvalue weighted by molar-refractivity contribution is 0.0977. The van der Waals surface area contributed by atoms with E-state index in [1.807, 2.05) is 30.7 Å². The van der Waals surface area contributed by atoms with E-state index in [1.165, 1.54) is 43.5 Å². The van der Waals surface area contributed by atoms with Gasteiger partial charge < -0.3 is 19.8 Å². The molecule has 36 heavy (non-hydrogen) atoms. The van der Waals surface area contributed by atoms with Crippen molar-refractivity contribution in [3.63, 3.8) is 0 Å². The van der Waals surface area contributed by atoms with Crippen molar-refractivity contribution in [2.45, 2.75) is 18.7 Å². The Labute approximate surface area is 207 Å². The van der Waals surface area contributed by atoms with Gasteiger partial charge in [-0.1, -0.05) is 0 Å². The second-order valence-electron chi connectivity index (χ2n) is 8.07. The third kappa shape index (κ3) is 4.73. The third-order valence-electron chi connectivity index (χ3n) is 5.66. The van der Waals surface area contributed by atoms with Crippen molar-refractivity contribution in [2.75, 3.05) is 19.5 Å². The number of H-pyrrole nitrogens is 1. The first kappa shape index (κ1) is 24.7. The lowest BCUT2D eigenvalue weighted by Crippen LogP contribution is -2.30. The molecule has 0 saturated heterocycles. The summed E-state index contributed by atoms with van der Waals surface area (Å²) < 4.78 is 37.9. The summed E-state index contributed by atoms with van der Waals surface area (Å²) in [6.07, 6.45) is 0. The molecule has 186 valence electrons. The maximum Gasteiger partial charge on any atom is 0.281 e. The second-order valence-corrected chi connectivity index (χ2v) is 9.76. The molecule has 0 aliphatic rings. The Morgan fingerprint density at radius 2 is 1.61 bits per heavy atom. The molecule has 4 rings (SSSR count). The first-order valence-electron chi connectivity index (χ1n) is 10.8. The van der Waals surface area contributed by atoms with E-state index in [2.05, 4.69) is 15.5 Å². The van der Waals surface area contributed by atoms with Gasteiger partial charge in [0.1, 0.15) is 22.9 Å². The number of hydrogen-bond acceptors (Lipinski definition) is 8. The summed E-state index contributed by atoms with van der Waals surface area (Å²) in [6, 6.07) is 14.1. The topological polar surface area (TPSA) is 139 Å². The van der Waals surface area contributed by atoms with E-state index in [0.29, 0.717) is 22.3 Å². The number of nitroso groups, excluding NO2 is 1. The molecule has 1 amide bonds. The number of carbonyl (C=O) groups is 1. The molecular weight excluding hydrogens is 484 g/mol. The zero-order valence-electron chi connectivity index (χ0n) is 20.0. The Balaban J connectivity index is 1.68. The van der Waals surface area contributed by atoms with E-state index in [4.69, 9.17) is 9.47 Å². The zero-order chi connectivity index (χ0) is 26.0.